The van der Waals surface area contributed by atoms with Crippen molar-refractivity contribution in [3.8, 4) is 0 Å². The van der Waals surface area contributed by atoms with Crippen molar-refractivity contribution < 1.29 is 0 Å². The first kappa shape index (κ1) is 17.0. The molecule has 0 spiro atoms. The lowest BCUT2D eigenvalue weighted by Crippen LogP contribution is -2.37. The molecule has 0 aromatic heterocycles. The van der Waals surface area contributed by atoms with Gasteiger partial charge in [0.05, 0.1) is 0 Å². The maximum atomic E-state index is 11.3. The molecule has 5 nitrogen and oxygen atoms in total. The predicted molar refractivity (Wildman–Crippen MR) is 101 cm³/mol. The fourth-order valence-corrected chi connectivity index (χ4v) is 3.89. The van der Waals surface area contributed by atoms with E-state index in [0.717, 1.165) is 12.3 Å². The Labute approximate surface area is 145 Å². The second-order valence-electron chi connectivity index (χ2n) is 6.21. The van der Waals surface area contributed by atoms with E-state index >= 15 is 0 Å². The molecule has 0 amide bonds. The zero-order valence-electron chi connectivity index (χ0n) is 13.7. The van der Waals surface area contributed by atoms with E-state index in [-0.39, 0.29) is 11.4 Å². The van der Waals surface area contributed by atoms with Crippen molar-refractivity contribution in [1.82, 2.24) is 4.90 Å². The average Bonchev–Trinajstić information content (AvgIpc) is 2.62. The largest absolute Gasteiger partial charge is 0.394 e. The summed E-state index contributed by atoms with van der Waals surface area (Å²) < 4.78 is 0. The minimum absolute atomic E-state index is 0.0635. The number of nitrogen functional groups attached to an aromatic ring is 1. The van der Waals surface area contributed by atoms with Gasteiger partial charge in [-0.05, 0) is 43.6 Å². The summed E-state index contributed by atoms with van der Waals surface area (Å²) in [4.78, 5) is 26.1. The fourth-order valence-electron chi connectivity index (χ4n) is 3.04. The van der Waals surface area contributed by atoms with Crippen molar-refractivity contribution in [3.05, 3.63) is 50.3 Å². The molecule has 0 bridgehead atoms. The maximum Gasteiger partial charge on any atom is 0.253 e. The Kier molecular flexibility index (Phi) is 5.58. The third-order valence-electron chi connectivity index (χ3n) is 4.37. The zero-order valence-corrected chi connectivity index (χ0v) is 14.5. The molecule has 1 aliphatic rings. The number of thioether (sulfide) groups is 1. The Morgan fingerprint density at radius 1 is 1.12 bits per heavy atom. The van der Waals surface area contributed by atoms with Crippen LogP contribution >= 0.6 is 11.8 Å². The Hall–Kier alpha value is -1.79. The molecular weight excluding hydrogens is 322 g/mol. The van der Waals surface area contributed by atoms with Crippen LogP contribution in [0.5, 0.6) is 0 Å². The molecule has 24 heavy (non-hydrogen) atoms. The highest BCUT2D eigenvalue weighted by atomic mass is 32.2. The first-order chi connectivity index (χ1) is 11.6. The topological polar surface area (TPSA) is 75.4 Å². The lowest BCUT2D eigenvalue weighted by molar-refractivity contribution is 0.221. The summed E-state index contributed by atoms with van der Waals surface area (Å²) in [5.41, 5.74) is 6.11. The van der Waals surface area contributed by atoms with E-state index < -0.39 is 10.9 Å². The van der Waals surface area contributed by atoms with Gasteiger partial charge in [0, 0.05) is 23.7 Å². The van der Waals surface area contributed by atoms with Crippen molar-refractivity contribution in [1.29, 1.82) is 0 Å². The SMILES string of the molecule is Nc1c(NCCSc2cccc(CN3CCCCC3)c2)c(=O)c1=O. The van der Waals surface area contributed by atoms with Gasteiger partial charge in [-0.15, -0.1) is 11.8 Å². The molecule has 1 fully saturated rings. The molecule has 3 rings (SSSR count). The molecule has 6 heteroatoms. The molecule has 0 aliphatic carbocycles. The number of anilines is 2. The van der Waals surface area contributed by atoms with E-state index in [1.165, 1.54) is 42.8 Å². The van der Waals surface area contributed by atoms with Gasteiger partial charge in [-0.2, -0.15) is 0 Å². The van der Waals surface area contributed by atoms with E-state index in [4.69, 9.17) is 5.73 Å². The van der Waals surface area contributed by atoms with Gasteiger partial charge in [0.25, 0.3) is 10.9 Å². The predicted octanol–water partition coefficient (Wildman–Crippen LogP) is 2.05. The first-order valence-electron chi connectivity index (χ1n) is 8.42. The van der Waals surface area contributed by atoms with E-state index in [1.807, 2.05) is 0 Å². The van der Waals surface area contributed by atoms with Gasteiger partial charge >= 0.3 is 0 Å². The monoisotopic (exact) mass is 345 g/mol. The quantitative estimate of drug-likeness (QED) is 0.454. The highest BCUT2D eigenvalue weighted by Gasteiger charge is 2.16. The first-order valence-corrected chi connectivity index (χ1v) is 9.40. The van der Waals surface area contributed by atoms with Crippen LogP contribution in [-0.2, 0) is 6.54 Å². The normalized spacial score (nSPS) is 15.7. The number of rotatable bonds is 7. The third kappa shape index (κ3) is 3.99. The van der Waals surface area contributed by atoms with Crippen molar-refractivity contribution in [3.63, 3.8) is 0 Å². The summed E-state index contributed by atoms with van der Waals surface area (Å²) >= 11 is 1.74. The minimum Gasteiger partial charge on any atom is -0.394 e. The van der Waals surface area contributed by atoms with Crippen LogP contribution in [0.1, 0.15) is 24.8 Å². The smallest absolute Gasteiger partial charge is 0.253 e. The fraction of sp³-hybridized carbons (Fsp3) is 0.444. The molecule has 2 aromatic rings. The Morgan fingerprint density at radius 3 is 2.67 bits per heavy atom. The van der Waals surface area contributed by atoms with Gasteiger partial charge in [-0.3, -0.25) is 14.5 Å². The molecular formula is C18H23N3O2S. The third-order valence-corrected chi connectivity index (χ3v) is 5.37. The molecule has 0 saturated carbocycles. The number of nitrogens with one attached hydrogen (secondary N) is 1. The zero-order chi connectivity index (χ0) is 16.9. The van der Waals surface area contributed by atoms with Crippen molar-refractivity contribution >= 4 is 23.1 Å². The van der Waals surface area contributed by atoms with Crippen molar-refractivity contribution in [2.45, 2.75) is 30.7 Å². The van der Waals surface area contributed by atoms with Gasteiger partial charge in [0.2, 0.25) is 0 Å². The highest BCUT2D eigenvalue weighted by molar-refractivity contribution is 7.99. The van der Waals surface area contributed by atoms with Crippen molar-refractivity contribution in [2.24, 2.45) is 0 Å². The van der Waals surface area contributed by atoms with Crippen LogP contribution in [-0.4, -0.2) is 30.3 Å². The van der Waals surface area contributed by atoms with Crippen LogP contribution in [0.4, 0.5) is 11.4 Å². The average molecular weight is 345 g/mol. The minimum atomic E-state index is -0.574. The van der Waals surface area contributed by atoms with Crippen LogP contribution in [0.15, 0.2) is 38.8 Å². The molecule has 0 unspecified atom stereocenters. The summed E-state index contributed by atoms with van der Waals surface area (Å²) in [6, 6.07) is 8.63. The van der Waals surface area contributed by atoms with Crippen LogP contribution in [0.25, 0.3) is 0 Å². The lowest BCUT2D eigenvalue weighted by atomic mass is 10.1. The van der Waals surface area contributed by atoms with Gasteiger partial charge in [0.15, 0.2) is 0 Å². The molecule has 1 heterocycles. The lowest BCUT2D eigenvalue weighted by Gasteiger charge is -2.26. The van der Waals surface area contributed by atoms with Crippen molar-refractivity contribution in [2.75, 3.05) is 36.4 Å². The van der Waals surface area contributed by atoms with Crippen LogP contribution in [0.2, 0.25) is 0 Å². The van der Waals surface area contributed by atoms with Crippen LogP contribution in [0.3, 0.4) is 0 Å². The molecule has 1 aliphatic heterocycles. The molecule has 0 radical (unpaired) electrons. The Balaban J connectivity index is 1.46. The maximum absolute atomic E-state index is 11.3. The van der Waals surface area contributed by atoms with E-state index in [1.54, 1.807) is 11.8 Å². The summed E-state index contributed by atoms with van der Waals surface area (Å²) in [6.07, 6.45) is 3.97. The number of benzene rings is 1. The van der Waals surface area contributed by atoms with Gasteiger partial charge < -0.3 is 11.1 Å². The Bertz CT molecular complexity index is 762. The van der Waals surface area contributed by atoms with Crippen LogP contribution < -0.4 is 21.9 Å². The molecule has 2 aromatic carbocycles. The van der Waals surface area contributed by atoms with Gasteiger partial charge in [-0.25, -0.2) is 0 Å². The number of hydrogen-bond acceptors (Lipinski definition) is 6. The standard InChI is InChI=1S/C18H23N3O2S/c19-15-16(18(23)17(15)22)20-7-10-24-14-6-4-5-13(11-14)12-21-8-2-1-3-9-21/h4-6,11,20H,1-3,7-10,12,19H2. The summed E-state index contributed by atoms with van der Waals surface area (Å²) in [5.74, 6) is 0.811. The van der Waals surface area contributed by atoms with E-state index in [9.17, 15) is 9.59 Å². The second-order valence-corrected chi connectivity index (χ2v) is 7.37. The van der Waals surface area contributed by atoms with Gasteiger partial charge in [0.1, 0.15) is 11.4 Å². The summed E-state index contributed by atoms with van der Waals surface area (Å²) in [7, 11) is 0. The summed E-state index contributed by atoms with van der Waals surface area (Å²) in [5, 5.41) is 2.95. The molecule has 3 N–H and O–H groups in total. The molecule has 0 atom stereocenters. The molecule has 128 valence electrons. The second kappa shape index (κ2) is 7.85. The van der Waals surface area contributed by atoms with Gasteiger partial charge in [-0.1, -0.05) is 18.6 Å². The number of nitrogens with two attached hydrogens (primary N) is 1. The van der Waals surface area contributed by atoms with E-state index in [2.05, 4.69) is 34.5 Å². The number of piperidine rings is 1. The number of likely N-dealkylation sites (tertiary alicyclic amines) is 1. The van der Waals surface area contributed by atoms with Crippen LogP contribution in [0, 0.1) is 0 Å². The number of nitrogens with zero attached hydrogens (tertiary/aromatic N) is 1. The summed E-state index contributed by atoms with van der Waals surface area (Å²) in [6.45, 7) is 4.03. The number of hydrogen-bond donors (Lipinski definition) is 2. The Morgan fingerprint density at radius 2 is 1.92 bits per heavy atom. The molecule has 1 saturated heterocycles. The van der Waals surface area contributed by atoms with E-state index in [0.29, 0.717) is 6.54 Å². The highest BCUT2D eigenvalue weighted by Crippen LogP contribution is 2.21.